The Morgan fingerprint density at radius 2 is 1.96 bits per heavy atom. The van der Waals surface area contributed by atoms with Gasteiger partial charge in [-0.25, -0.2) is 4.79 Å². The summed E-state index contributed by atoms with van der Waals surface area (Å²) in [4.78, 5) is 26.4. The molecular weight excluding hydrogens is 380 g/mol. The molecule has 3 rings (SSSR count). The fourth-order valence-corrected chi connectivity index (χ4v) is 3.17. The van der Waals surface area contributed by atoms with Crippen molar-refractivity contribution in [3.05, 3.63) is 58.5 Å². The lowest BCUT2D eigenvalue weighted by Crippen LogP contribution is -2.46. The Bertz CT molecular complexity index is 965. The third-order valence-corrected chi connectivity index (χ3v) is 4.93. The van der Waals surface area contributed by atoms with Crippen molar-refractivity contribution in [3.63, 3.8) is 0 Å². The van der Waals surface area contributed by atoms with Crippen molar-refractivity contribution in [2.45, 2.75) is 19.9 Å². The van der Waals surface area contributed by atoms with Gasteiger partial charge in [0, 0.05) is 18.8 Å². The van der Waals surface area contributed by atoms with E-state index in [1.54, 1.807) is 49.2 Å². The van der Waals surface area contributed by atoms with E-state index in [4.69, 9.17) is 21.5 Å². The monoisotopic (exact) mass is 400 g/mol. The molecule has 0 bridgehead atoms. The summed E-state index contributed by atoms with van der Waals surface area (Å²) in [5.74, 6) is 0.175. The number of hydrogen-bond donors (Lipinski definition) is 2. The van der Waals surface area contributed by atoms with Gasteiger partial charge < -0.3 is 24.8 Å². The average Bonchev–Trinajstić information content (AvgIpc) is 3.09. The molecule has 0 fully saturated rings. The highest BCUT2D eigenvalue weighted by Crippen LogP contribution is 2.31. The molecule has 9 heteroatoms. The van der Waals surface area contributed by atoms with Crippen LogP contribution in [-0.2, 0) is 9.53 Å². The van der Waals surface area contributed by atoms with E-state index in [1.165, 1.54) is 7.11 Å². The smallest absolute Gasteiger partial charge is 0.337 e. The lowest BCUT2D eigenvalue weighted by atomic mass is 9.93. The van der Waals surface area contributed by atoms with Crippen molar-refractivity contribution in [3.8, 4) is 0 Å². The zero-order valence-corrected chi connectivity index (χ0v) is 16.7. The van der Waals surface area contributed by atoms with Gasteiger partial charge in [0.1, 0.15) is 5.76 Å². The van der Waals surface area contributed by atoms with E-state index in [0.717, 1.165) is 5.56 Å². The lowest BCUT2D eigenvalue weighted by Gasteiger charge is -2.35. The Morgan fingerprint density at radius 1 is 1.29 bits per heavy atom. The van der Waals surface area contributed by atoms with Gasteiger partial charge in [0.2, 0.25) is 0 Å². The fraction of sp³-hybridized carbons (Fsp3) is 0.263. The number of allylic oxidation sites excluding steroid dienone is 1. The van der Waals surface area contributed by atoms with Crippen LogP contribution in [0.25, 0.3) is 0 Å². The third kappa shape index (κ3) is 3.74. The summed E-state index contributed by atoms with van der Waals surface area (Å²) in [6.07, 6.45) is 0. The Balaban J connectivity index is 1.96. The van der Waals surface area contributed by atoms with Gasteiger partial charge in [-0.3, -0.25) is 4.79 Å². The number of benzene rings is 1. The summed E-state index contributed by atoms with van der Waals surface area (Å²) in [5, 5.41) is 10.2. The topological polar surface area (TPSA) is 96.7 Å². The molecular formula is C19H20N4O4S. The van der Waals surface area contributed by atoms with Gasteiger partial charge in [-0.15, -0.1) is 0 Å². The lowest BCUT2D eigenvalue weighted by molar-refractivity contribution is -0.113. The quantitative estimate of drug-likeness (QED) is 0.597. The normalized spacial score (nSPS) is 16.6. The highest BCUT2D eigenvalue weighted by Gasteiger charge is 2.33. The third-order valence-electron chi connectivity index (χ3n) is 4.53. The van der Waals surface area contributed by atoms with Gasteiger partial charge in [-0.2, -0.15) is 0 Å². The largest absolute Gasteiger partial charge is 0.465 e. The number of rotatable bonds is 4. The van der Waals surface area contributed by atoms with Crippen LogP contribution in [0.2, 0.25) is 0 Å². The first kappa shape index (κ1) is 19.6. The Morgan fingerprint density at radius 3 is 2.54 bits per heavy atom. The molecule has 0 spiro atoms. The Hall–Kier alpha value is -3.20. The van der Waals surface area contributed by atoms with Crippen LogP contribution in [0.4, 0.5) is 5.82 Å². The van der Waals surface area contributed by atoms with E-state index in [1.807, 2.05) is 6.92 Å². The van der Waals surface area contributed by atoms with E-state index in [9.17, 15) is 9.59 Å². The minimum Gasteiger partial charge on any atom is -0.465 e. The van der Waals surface area contributed by atoms with Crippen molar-refractivity contribution >= 4 is 35.0 Å². The second-order valence-corrected chi connectivity index (χ2v) is 6.72. The van der Waals surface area contributed by atoms with Crippen molar-refractivity contribution in [2.75, 3.05) is 19.5 Å². The maximum Gasteiger partial charge on any atom is 0.337 e. The van der Waals surface area contributed by atoms with Gasteiger partial charge in [0.05, 0.1) is 24.3 Å². The van der Waals surface area contributed by atoms with Gasteiger partial charge in [-0.05, 0) is 43.8 Å². The molecule has 1 aromatic heterocycles. The van der Waals surface area contributed by atoms with Crippen LogP contribution in [0, 0.1) is 6.92 Å². The number of amides is 1. The zero-order valence-electron chi connectivity index (χ0n) is 15.9. The van der Waals surface area contributed by atoms with Crippen LogP contribution >= 0.6 is 12.2 Å². The molecule has 1 atom stereocenters. The van der Waals surface area contributed by atoms with Crippen LogP contribution < -0.4 is 10.6 Å². The first-order valence-corrected chi connectivity index (χ1v) is 8.90. The van der Waals surface area contributed by atoms with Gasteiger partial charge in [0.25, 0.3) is 5.91 Å². The maximum absolute atomic E-state index is 13.0. The highest BCUT2D eigenvalue weighted by molar-refractivity contribution is 7.80. The first-order chi connectivity index (χ1) is 13.3. The molecule has 1 aliphatic heterocycles. The number of carbonyl (C=O) groups is 2. The molecule has 0 aliphatic carbocycles. The van der Waals surface area contributed by atoms with Gasteiger partial charge >= 0.3 is 5.97 Å². The van der Waals surface area contributed by atoms with Crippen LogP contribution in [0.3, 0.4) is 0 Å². The number of aromatic nitrogens is 1. The van der Waals surface area contributed by atoms with Crippen molar-refractivity contribution in [2.24, 2.45) is 0 Å². The second-order valence-electron chi connectivity index (χ2n) is 6.33. The number of thiocarbonyl (C=S) groups is 1. The summed E-state index contributed by atoms with van der Waals surface area (Å²) in [6, 6.07) is 7.98. The molecule has 2 N–H and O–H groups in total. The molecule has 1 amide bonds. The predicted molar refractivity (Wildman–Crippen MR) is 107 cm³/mol. The van der Waals surface area contributed by atoms with Gasteiger partial charge in [-0.1, -0.05) is 17.3 Å². The number of esters is 1. The zero-order chi connectivity index (χ0) is 20.4. The molecule has 1 aromatic carbocycles. The van der Waals surface area contributed by atoms with Crippen LogP contribution in [-0.4, -0.2) is 41.2 Å². The molecule has 0 radical (unpaired) electrons. The summed E-state index contributed by atoms with van der Waals surface area (Å²) in [7, 11) is 3.11. The van der Waals surface area contributed by atoms with E-state index in [2.05, 4.69) is 15.8 Å². The SMILES string of the molecule is COC(=O)c1ccc(C2NC(=S)N(C)C(C)=C2C(=O)Nc2cc(C)on2)cc1. The highest BCUT2D eigenvalue weighted by atomic mass is 32.1. The molecule has 146 valence electrons. The number of aryl methyl sites for hydroxylation is 1. The number of anilines is 1. The molecule has 28 heavy (non-hydrogen) atoms. The van der Waals surface area contributed by atoms with E-state index in [0.29, 0.717) is 33.5 Å². The molecule has 1 unspecified atom stereocenters. The van der Waals surface area contributed by atoms with Crippen molar-refractivity contribution in [1.82, 2.24) is 15.4 Å². The summed E-state index contributed by atoms with van der Waals surface area (Å²) >= 11 is 5.39. The fourth-order valence-electron chi connectivity index (χ4n) is 2.92. The van der Waals surface area contributed by atoms with E-state index in [-0.39, 0.29) is 5.91 Å². The van der Waals surface area contributed by atoms with Gasteiger partial charge in [0.15, 0.2) is 10.9 Å². The number of carbonyl (C=O) groups excluding carboxylic acids is 2. The molecule has 0 saturated carbocycles. The van der Waals surface area contributed by atoms with Crippen LogP contribution in [0.1, 0.15) is 34.6 Å². The molecule has 8 nitrogen and oxygen atoms in total. The number of nitrogens with zero attached hydrogens (tertiary/aromatic N) is 2. The number of ether oxygens (including phenoxy) is 1. The van der Waals surface area contributed by atoms with Crippen molar-refractivity contribution < 1.29 is 18.8 Å². The molecule has 0 saturated heterocycles. The van der Waals surface area contributed by atoms with E-state index < -0.39 is 12.0 Å². The minimum absolute atomic E-state index is 0.324. The minimum atomic E-state index is -0.483. The number of nitrogens with one attached hydrogen (secondary N) is 2. The summed E-state index contributed by atoms with van der Waals surface area (Å²) in [6.45, 7) is 3.57. The first-order valence-electron chi connectivity index (χ1n) is 8.49. The number of methoxy groups -OCH3 is 1. The van der Waals surface area contributed by atoms with Crippen LogP contribution in [0.5, 0.6) is 0 Å². The summed E-state index contributed by atoms with van der Waals surface area (Å²) < 4.78 is 9.73. The van der Waals surface area contributed by atoms with Crippen molar-refractivity contribution in [1.29, 1.82) is 0 Å². The van der Waals surface area contributed by atoms with E-state index >= 15 is 0 Å². The average molecular weight is 400 g/mol. The molecule has 2 aromatic rings. The number of hydrogen-bond acceptors (Lipinski definition) is 6. The standard InChI is InChI=1S/C19H20N4O4S/c1-10-9-14(22-27-10)20-17(24)15-11(2)23(3)19(28)21-16(15)12-5-7-13(8-6-12)18(25)26-4/h5-9,16H,1-4H3,(H,21,28)(H,20,22,24). The van der Waals surface area contributed by atoms with Crippen LogP contribution in [0.15, 0.2) is 46.1 Å². The molecule has 2 heterocycles. The Labute approximate surface area is 167 Å². The Kier molecular flexibility index (Phi) is 5.46. The molecule has 1 aliphatic rings. The maximum atomic E-state index is 13.0. The second kappa shape index (κ2) is 7.81. The summed E-state index contributed by atoms with van der Waals surface area (Å²) in [5.41, 5.74) is 2.40. The predicted octanol–water partition coefficient (Wildman–Crippen LogP) is 2.54.